The molecule has 172 valence electrons. The summed E-state index contributed by atoms with van der Waals surface area (Å²) in [6, 6.07) is 4.77. The summed E-state index contributed by atoms with van der Waals surface area (Å²) in [4.78, 5) is 35.2. The minimum absolute atomic E-state index is 0.0328. The fourth-order valence-corrected chi connectivity index (χ4v) is 4.80. The Balaban J connectivity index is 1.58. The van der Waals surface area contributed by atoms with Crippen molar-refractivity contribution in [1.29, 1.82) is 0 Å². The number of fused-ring (bicyclic) bond motifs is 2. The number of nitrogens with zero attached hydrogens (tertiary/aromatic N) is 4. The Morgan fingerprint density at radius 3 is 2.64 bits per heavy atom. The van der Waals surface area contributed by atoms with Crippen molar-refractivity contribution < 1.29 is 19.4 Å². The van der Waals surface area contributed by atoms with Crippen LogP contribution in [0, 0.1) is 17.7 Å². The van der Waals surface area contributed by atoms with E-state index >= 15 is 0 Å². The number of nitrogens with one attached hydrogen (secondary N) is 1. The van der Waals surface area contributed by atoms with Crippen LogP contribution in [0.2, 0.25) is 5.15 Å². The Morgan fingerprint density at radius 1 is 1.27 bits per heavy atom. The molecule has 33 heavy (non-hydrogen) atoms. The van der Waals surface area contributed by atoms with Crippen LogP contribution in [0.5, 0.6) is 0 Å². The molecule has 3 aromatic rings. The first-order chi connectivity index (χ1) is 15.7. The molecule has 4 atom stereocenters. The van der Waals surface area contributed by atoms with Crippen molar-refractivity contribution in [2.24, 2.45) is 18.9 Å². The highest BCUT2D eigenvalue weighted by Gasteiger charge is 2.55. The molecular formula is C22H21ClFN5O4. The van der Waals surface area contributed by atoms with Gasteiger partial charge in [-0.15, -0.1) is 0 Å². The number of carbonyl (C=O) groups is 1. The van der Waals surface area contributed by atoms with Crippen molar-refractivity contribution in [2.45, 2.75) is 19.1 Å². The Labute approximate surface area is 192 Å². The van der Waals surface area contributed by atoms with Crippen LogP contribution in [0.1, 0.15) is 29.0 Å². The summed E-state index contributed by atoms with van der Waals surface area (Å²) in [5.74, 6) is -1.06. The van der Waals surface area contributed by atoms with Gasteiger partial charge in [-0.1, -0.05) is 11.6 Å². The number of piperidine rings is 1. The number of rotatable bonds is 5. The average molecular weight is 474 g/mol. The fourth-order valence-electron chi connectivity index (χ4n) is 4.65. The Kier molecular flexibility index (Phi) is 5.02. The Bertz CT molecular complexity index is 1350. The minimum atomic E-state index is -1.26. The van der Waals surface area contributed by atoms with Crippen LogP contribution in [0.4, 0.5) is 16.0 Å². The Morgan fingerprint density at radius 2 is 1.97 bits per heavy atom. The van der Waals surface area contributed by atoms with Gasteiger partial charge in [0.25, 0.3) is 5.56 Å². The summed E-state index contributed by atoms with van der Waals surface area (Å²) in [5.41, 5.74) is 0.279. The first-order valence-electron chi connectivity index (χ1n) is 10.4. The normalized spacial score (nSPS) is 22.3. The summed E-state index contributed by atoms with van der Waals surface area (Å²) in [6.07, 6.45) is -0.302. The molecule has 2 aliphatic rings. The molecule has 1 saturated carbocycles. The number of hydrogen-bond acceptors (Lipinski definition) is 7. The van der Waals surface area contributed by atoms with Crippen molar-refractivity contribution in [1.82, 2.24) is 14.5 Å². The molecular weight excluding hydrogens is 453 g/mol. The van der Waals surface area contributed by atoms with Crippen molar-refractivity contribution in [3.05, 3.63) is 56.8 Å². The van der Waals surface area contributed by atoms with E-state index < -0.39 is 17.8 Å². The van der Waals surface area contributed by atoms with Gasteiger partial charge in [-0.25, -0.2) is 19.2 Å². The van der Waals surface area contributed by atoms with Gasteiger partial charge in [0.15, 0.2) is 5.69 Å². The number of aliphatic hydroxyl groups is 1. The van der Waals surface area contributed by atoms with Gasteiger partial charge in [0.2, 0.25) is 5.95 Å². The number of carboxylic acids is 1. The number of hydrogen-bond donors (Lipinski definition) is 3. The van der Waals surface area contributed by atoms with Crippen LogP contribution in [0.3, 0.4) is 0 Å². The largest absolute Gasteiger partial charge is 0.476 e. The lowest BCUT2D eigenvalue weighted by atomic mass is 10.0. The number of benzene rings is 1. The number of pyridine rings is 1. The van der Waals surface area contributed by atoms with Crippen molar-refractivity contribution in [3.63, 3.8) is 0 Å². The summed E-state index contributed by atoms with van der Waals surface area (Å²) >= 11 is 5.83. The second-order valence-corrected chi connectivity index (χ2v) is 8.98. The lowest BCUT2D eigenvalue weighted by Crippen LogP contribution is -2.33. The second-order valence-electron chi connectivity index (χ2n) is 8.59. The molecule has 1 saturated heterocycles. The fraction of sp³-hybridized carbons (Fsp3) is 0.364. The molecule has 2 fully saturated rings. The van der Waals surface area contributed by atoms with E-state index in [2.05, 4.69) is 10.3 Å². The van der Waals surface area contributed by atoms with Gasteiger partial charge in [-0.3, -0.25) is 9.36 Å². The summed E-state index contributed by atoms with van der Waals surface area (Å²) in [5, 5.41) is 22.5. The first kappa shape index (κ1) is 21.6. The van der Waals surface area contributed by atoms with Crippen LogP contribution in [0.15, 0.2) is 29.1 Å². The highest BCUT2D eigenvalue weighted by atomic mass is 35.5. The summed E-state index contributed by atoms with van der Waals surface area (Å²) in [6.45, 7) is 2.91. The molecule has 3 heterocycles. The van der Waals surface area contributed by atoms with Gasteiger partial charge in [0, 0.05) is 37.5 Å². The van der Waals surface area contributed by atoms with Crippen molar-refractivity contribution >= 4 is 40.1 Å². The standard InChI is InChI=1S/C22H21ClFN5O4/c1-9(25-15-3-4-16(23)26-18(15)21(32)33)11-5-10(24)6-12-17(11)27-22(28(2)20(12)31)29-7-13-14(8-29)19(13)30/h3-6,9,13-14,19,25,30H,7-8H2,1-2H3,(H,32,33)/t9-,13-,14+,19?/m1/s1. The van der Waals surface area contributed by atoms with Gasteiger partial charge < -0.3 is 20.4 Å². The van der Waals surface area contributed by atoms with E-state index in [0.717, 1.165) is 6.07 Å². The van der Waals surface area contributed by atoms with Crippen molar-refractivity contribution in [2.75, 3.05) is 23.3 Å². The van der Waals surface area contributed by atoms with E-state index in [1.165, 1.54) is 22.8 Å². The van der Waals surface area contributed by atoms with Gasteiger partial charge in [-0.05, 0) is 31.2 Å². The third-order valence-electron chi connectivity index (χ3n) is 6.49. The molecule has 1 aliphatic carbocycles. The molecule has 0 bridgehead atoms. The van der Waals surface area contributed by atoms with E-state index in [1.54, 1.807) is 14.0 Å². The number of anilines is 2. The zero-order valence-electron chi connectivity index (χ0n) is 17.8. The third-order valence-corrected chi connectivity index (χ3v) is 6.70. The second kappa shape index (κ2) is 7.67. The molecule has 1 unspecified atom stereocenters. The molecule has 2 aromatic heterocycles. The van der Waals surface area contributed by atoms with Gasteiger partial charge in [-0.2, -0.15) is 0 Å². The maximum absolute atomic E-state index is 14.5. The molecule has 1 aliphatic heterocycles. The third kappa shape index (κ3) is 3.59. The zero-order chi connectivity index (χ0) is 23.6. The topological polar surface area (TPSA) is 121 Å². The summed E-state index contributed by atoms with van der Waals surface area (Å²) in [7, 11) is 1.59. The van der Waals surface area contributed by atoms with Crippen LogP contribution < -0.4 is 15.8 Å². The van der Waals surface area contributed by atoms with Crippen LogP contribution in [-0.4, -0.2) is 49.9 Å². The highest BCUT2D eigenvalue weighted by molar-refractivity contribution is 6.29. The van der Waals surface area contributed by atoms with Crippen molar-refractivity contribution in [3.8, 4) is 0 Å². The first-order valence-corrected chi connectivity index (χ1v) is 10.8. The van der Waals surface area contributed by atoms with Crippen LogP contribution >= 0.6 is 11.6 Å². The van der Waals surface area contributed by atoms with E-state index in [-0.39, 0.29) is 45.4 Å². The number of aliphatic hydroxyl groups excluding tert-OH is 1. The molecule has 9 nitrogen and oxygen atoms in total. The van der Waals surface area contributed by atoms with E-state index in [1.807, 2.05) is 4.90 Å². The SMILES string of the molecule is C[C@@H](Nc1ccc(Cl)nc1C(=O)O)c1cc(F)cc2c(=O)n(C)c(N3C[C@@H]4C(O)[C@@H]4C3)nc12. The van der Waals surface area contributed by atoms with Gasteiger partial charge in [0.05, 0.1) is 28.7 Å². The molecule has 0 radical (unpaired) electrons. The summed E-state index contributed by atoms with van der Waals surface area (Å²) < 4.78 is 15.9. The smallest absolute Gasteiger partial charge is 0.356 e. The maximum Gasteiger partial charge on any atom is 0.356 e. The zero-order valence-corrected chi connectivity index (χ0v) is 18.5. The molecule has 3 N–H and O–H groups in total. The highest BCUT2D eigenvalue weighted by Crippen LogP contribution is 2.46. The number of carboxylic acid groups (broad SMARTS) is 1. The van der Waals surface area contributed by atoms with E-state index in [4.69, 9.17) is 16.6 Å². The number of aromatic nitrogens is 3. The number of aromatic carboxylic acids is 1. The van der Waals surface area contributed by atoms with Gasteiger partial charge in [0.1, 0.15) is 11.0 Å². The maximum atomic E-state index is 14.5. The number of halogens is 2. The lowest BCUT2D eigenvalue weighted by molar-refractivity contribution is 0.0691. The molecule has 0 amide bonds. The van der Waals surface area contributed by atoms with Gasteiger partial charge >= 0.3 is 5.97 Å². The van der Waals surface area contributed by atoms with Crippen LogP contribution in [-0.2, 0) is 7.05 Å². The quantitative estimate of drug-likeness (QED) is 0.483. The predicted molar refractivity (Wildman–Crippen MR) is 120 cm³/mol. The average Bonchev–Trinajstić information content (AvgIpc) is 3.17. The predicted octanol–water partition coefficient (Wildman–Crippen LogP) is 2.42. The lowest BCUT2D eigenvalue weighted by Gasteiger charge is -2.24. The molecule has 11 heteroatoms. The monoisotopic (exact) mass is 473 g/mol. The van der Waals surface area contributed by atoms with E-state index in [9.17, 15) is 24.2 Å². The van der Waals surface area contributed by atoms with E-state index in [0.29, 0.717) is 30.1 Å². The molecule has 5 rings (SSSR count). The molecule has 0 spiro atoms. The Hall–Kier alpha value is -3.24. The van der Waals surface area contributed by atoms with Crippen LogP contribution in [0.25, 0.3) is 10.9 Å². The molecule has 1 aromatic carbocycles. The minimum Gasteiger partial charge on any atom is -0.476 e.